The minimum absolute atomic E-state index is 0.0222. The van der Waals surface area contributed by atoms with E-state index in [1.165, 1.54) is 12.4 Å². The molecule has 39 heavy (non-hydrogen) atoms. The Morgan fingerprint density at radius 1 is 1.10 bits per heavy atom. The number of hydrogen-bond donors (Lipinski definition) is 4. The van der Waals surface area contributed by atoms with Crippen molar-refractivity contribution in [3.05, 3.63) is 47.1 Å². The van der Waals surface area contributed by atoms with Gasteiger partial charge in [0.1, 0.15) is 23.6 Å². The molecule has 3 heterocycles. The molecule has 0 spiro atoms. The number of imidazole rings is 1. The van der Waals surface area contributed by atoms with Crippen molar-refractivity contribution in [1.29, 1.82) is 0 Å². The molecule has 208 valence electrons. The Labute approximate surface area is 228 Å². The van der Waals surface area contributed by atoms with Crippen LogP contribution in [0.5, 0.6) is 0 Å². The number of nitrogens with two attached hydrogens (primary N) is 1. The number of anilines is 1. The molecular formula is C27H31ClF3N7O. The number of nitrogen functional groups attached to an aromatic ring is 1. The summed E-state index contributed by atoms with van der Waals surface area (Å²) in [5.41, 5.74) is 6.70. The first kappa shape index (κ1) is 26.3. The summed E-state index contributed by atoms with van der Waals surface area (Å²) in [5, 5.41) is 14.8. The number of aryl methyl sites for hydroxylation is 1. The quantitative estimate of drug-likeness (QED) is 0.237. The van der Waals surface area contributed by atoms with E-state index in [4.69, 9.17) is 17.3 Å². The number of rotatable bonds is 8. The third kappa shape index (κ3) is 5.31. The summed E-state index contributed by atoms with van der Waals surface area (Å²) in [6.45, 7) is 1.82. The van der Waals surface area contributed by atoms with Crippen molar-refractivity contribution in [3.8, 4) is 0 Å². The number of nitrogens with zero attached hydrogens (tertiary/aromatic N) is 4. The van der Waals surface area contributed by atoms with Gasteiger partial charge in [-0.2, -0.15) is 13.2 Å². The lowest BCUT2D eigenvalue weighted by atomic mass is 9.72. The van der Waals surface area contributed by atoms with Crippen molar-refractivity contribution in [2.75, 3.05) is 18.8 Å². The molecule has 2 fully saturated rings. The first-order valence-corrected chi connectivity index (χ1v) is 13.7. The number of H-pyrrole nitrogens is 1. The normalized spacial score (nSPS) is 25.5. The summed E-state index contributed by atoms with van der Waals surface area (Å²) in [4.78, 5) is 15.9. The van der Waals surface area contributed by atoms with Gasteiger partial charge in [0.2, 0.25) is 0 Å². The second-order valence-corrected chi connectivity index (χ2v) is 11.5. The summed E-state index contributed by atoms with van der Waals surface area (Å²) in [6.07, 6.45) is 4.01. The zero-order valence-electron chi connectivity index (χ0n) is 21.3. The molecule has 6 rings (SSSR count). The fraction of sp³-hybridized carbons (Fsp3) is 0.519. The number of halogens is 4. The van der Waals surface area contributed by atoms with Gasteiger partial charge >= 0.3 is 6.18 Å². The van der Waals surface area contributed by atoms with Crippen LogP contribution in [0.4, 0.5) is 19.0 Å². The standard InChI is InChI=1S/C27H31ClF3N7O/c28-19-10-21-20(9-18(19)27(29,30)31)36-24(37-21)2-1-14-5-15(6-14)11-33-12-16-7-22(23(39)8-16)38-4-3-17-25(32)34-13-35-26(17)38/h3-4,9-10,13-16,22-23,33,39H,1-2,5-8,11-12H2,(H,36,37)(H2,32,34,35)/t14-,15-,16-,22+,23+/m0/s1. The van der Waals surface area contributed by atoms with E-state index >= 15 is 0 Å². The summed E-state index contributed by atoms with van der Waals surface area (Å²) in [5.74, 6) is 2.74. The molecule has 12 heteroatoms. The Kier molecular flexibility index (Phi) is 6.93. The molecule has 0 saturated heterocycles. The predicted molar refractivity (Wildman–Crippen MR) is 143 cm³/mol. The number of aromatic amines is 1. The Morgan fingerprint density at radius 3 is 2.64 bits per heavy atom. The molecular weight excluding hydrogens is 531 g/mol. The van der Waals surface area contributed by atoms with Crippen molar-refractivity contribution in [2.24, 2.45) is 17.8 Å². The molecule has 0 aliphatic heterocycles. The van der Waals surface area contributed by atoms with E-state index in [1.807, 2.05) is 16.8 Å². The van der Waals surface area contributed by atoms with Gasteiger partial charge in [0.25, 0.3) is 0 Å². The van der Waals surface area contributed by atoms with Crippen LogP contribution in [-0.2, 0) is 12.6 Å². The minimum atomic E-state index is -4.49. The molecule has 8 nitrogen and oxygen atoms in total. The number of benzene rings is 1. The number of hydrogen-bond acceptors (Lipinski definition) is 6. The molecule has 3 atom stereocenters. The third-order valence-corrected chi connectivity index (χ3v) is 8.72. The minimum Gasteiger partial charge on any atom is -0.391 e. The highest BCUT2D eigenvalue weighted by Gasteiger charge is 2.36. The first-order valence-electron chi connectivity index (χ1n) is 13.4. The lowest BCUT2D eigenvalue weighted by Gasteiger charge is -2.35. The zero-order valence-corrected chi connectivity index (χ0v) is 22.0. The smallest absolute Gasteiger partial charge is 0.391 e. The van der Waals surface area contributed by atoms with Gasteiger partial charge in [-0.05, 0) is 81.1 Å². The van der Waals surface area contributed by atoms with E-state index in [9.17, 15) is 18.3 Å². The van der Waals surface area contributed by atoms with Gasteiger partial charge in [-0.15, -0.1) is 0 Å². The first-order chi connectivity index (χ1) is 18.7. The van der Waals surface area contributed by atoms with Crippen molar-refractivity contribution in [1.82, 2.24) is 29.8 Å². The van der Waals surface area contributed by atoms with Crippen LogP contribution in [0.1, 0.15) is 49.5 Å². The van der Waals surface area contributed by atoms with Crippen LogP contribution in [0, 0.1) is 17.8 Å². The van der Waals surface area contributed by atoms with Crippen LogP contribution in [0.3, 0.4) is 0 Å². The number of fused-ring (bicyclic) bond motifs is 2. The van der Waals surface area contributed by atoms with Crippen molar-refractivity contribution >= 4 is 39.5 Å². The van der Waals surface area contributed by atoms with Crippen LogP contribution in [0.15, 0.2) is 30.7 Å². The summed E-state index contributed by atoms with van der Waals surface area (Å²) >= 11 is 5.82. The largest absolute Gasteiger partial charge is 0.417 e. The van der Waals surface area contributed by atoms with E-state index in [0.29, 0.717) is 46.9 Å². The van der Waals surface area contributed by atoms with E-state index in [0.717, 1.165) is 62.3 Å². The molecule has 0 bridgehead atoms. The van der Waals surface area contributed by atoms with Crippen LogP contribution in [0.25, 0.3) is 22.1 Å². The Balaban J connectivity index is 0.937. The summed E-state index contributed by atoms with van der Waals surface area (Å²) < 4.78 is 41.4. The van der Waals surface area contributed by atoms with E-state index in [2.05, 4.69) is 25.3 Å². The molecule has 0 unspecified atom stereocenters. The lowest BCUT2D eigenvalue weighted by molar-refractivity contribution is -0.137. The zero-order chi connectivity index (χ0) is 27.3. The number of aliphatic hydroxyl groups excluding tert-OH is 1. The monoisotopic (exact) mass is 561 g/mol. The average molecular weight is 562 g/mol. The second kappa shape index (κ2) is 10.3. The number of alkyl halides is 3. The van der Waals surface area contributed by atoms with Gasteiger partial charge in [0.05, 0.1) is 39.2 Å². The molecule has 2 aliphatic carbocycles. The highest BCUT2D eigenvalue weighted by Crippen LogP contribution is 2.39. The number of aliphatic hydroxyl groups is 1. The maximum Gasteiger partial charge on any atom is 0.417 e. The fourth-order valence-electron chi connectivity index (χ4n) is 6.35. The molecule has 0 amide bonds. The van der Waals surface area contributed by atoms with Crippen LogP contribution in [-0.4, -0.2) is 48.8 Å². The van der Waals surface area contributed by atoms with Gasteiger partial charge < -0.3 is 25.7 Å². The summed E-state index contributed by atoms with van der Waals surface area (Å²) in [6, 6.07) is 4.20. The van der Waals surface area contributed by atoms with E-state index in [-0.39, 0.29) is 11.1 Å². The second-order valence-electron chi connectivity index (χ2n) is 11.1. The lowest BCUT2D eigenvalue weighted by Crippen LogP contribution is -2.35. The Bertz CT molecular complexity index is 1480. The van der Waals surface area contributed by atoms with Crippen molar-refractivity contribution in [3.63, 3.8) is 0 Å². The Hall–Kier alpha value is -2.89. The Morgan fingerprint density at radius 2 is 1.87 bits per heavy atom. The topological polar surface area (TPSA) is 118 Å². The number of aromatic nitrogens is 5. The fourth-order valence-corrected chi connectivity index (χ4v) is 6.61. The van der Waals surface area contributed by atoms with Crippen LogP contribution < -0.4 is 11.1 Å². The average Bonchev–Trinajstić information content (AvgIpc) is 3.55. The molecule has 0 radical (unpaired) electrons. The predicted octanol–water partition coefficient (Wildman–Crippen LogP) is 5.12. The highest BCUT2D eigenvalue weighted by atomic mass is 35.5. The molecule has 4 aromatic rings. The third-order valence-electron chi connectivity index (χ3n) is 8.41. The van der Waals surface area contributed by atoms with Crippen molar-refractivity contribution < 1.29 is 18.3 Å². The van der Waals surface area contributed by atoms with Gasteiger partial charge in [0.15, 0.2) is 0 Å². The SMILES string of the molecule is Nc1ncnc2c1ccn2[C@@H]1C[C@H](CNC[C@H]2C[C@H](CCc3nc4cc(Cl)c(C(F)(F)F)cc4[nH]3)C2)C[C@H]1O. The molecule has 3 aromatic heterocycles. The molecule has 2 aliphatic rings. The highest BCUT2D eigenvalue weighted by molar-refractivity contribution is 6.32. The maximum atomic E-state index is 13.1. The van der Waals surface area contributed by atoms with Crippen molar-refractivity contribution in [2.45, 2.75) is 56.8 Å². The van der Waals surface area contributed by atoms with Crippen LogP contribution >= 0.6 is 11.6 Å². The van der Waals surface area contributed by atoms with Gasteiger partial charge in [-0.3, -0.25) is 0 Å². The van der Waals surface area contributed by atoms with Gasteiger partial charge in [-0.1, -0.05) is 11.6 Å². The summed E-state index contributed by atoms with van der Waals surface area (Å²) in [7, 11) is 0. The van der Waals surface area contributed by atoms with Gasteiger partial charge in [0, 0.05) is 12.6 Å². The molecule has 1 aromatic carbocycles. The molecule has 5 N–H and O–H groups in total. The molecule has 2 saturated carbocycles. The maximum absolute atomic E-state index is 13.1. The van der Waals surface area contributed by atoms with E-state index < -0.39 is 17.8 Å². The van der Waals surface area contributed by atoms with E-state index in [1.54, 1.807) is 0 Å². The number of nitrogens with one attached hydrogen (secondary N) is 2. The van der Waals surface area contributed by atoms with Crippen LogP contribution in [0.2, 0.25) is 5.02 Å². The van der Waals surface area contributed by atoms with Gasteiger partial charge in [-0.25, -0.2) is 15.0 Å².